The Balaban J connectivity index is 3.16. The van der Waals surface area contributed by atoms with Crippen molar-refractivity contribution in [2.24, 2.45) is 11.1 Å². The van der Waals surface area contributed by atoms with Gasteiger partial charge in [-0.3, -0.25) is 0 Å². The van der Waals surface area contributed by atoms with Gasteiger partial charge in [0.25, 0.3) is 0 Å². The van der Waals surface area contributed by atoms with E-state index in [0.29, 0.717) is 13.2 Å². The standard InChI is InChI=1S/C10H23NO2/c1-10(2,9-11)5-4-6-13-8-7-12-3/h4-9,11H2,1-3H3. The van der Waals surface area contributed by atoms with Gasteiger partial charge in [-0.15, -0.1) is 0 Å². The van der Waals surface area contributed by atoms with Crippen molar-refractivity contribution in [2.45, 2.75) is 26.7 Å². The molecule has 0 heterocycles. The molecule has 0 aliphatic rings. The average Bonchev–Trinajstić information content (AvgIpc) is 2.11. The molecule has 0 aliphatic heterocycles. The molecule has 0 aromatic heterocycles. The highest BCUT2D eigenvalue weighted by Crippen LogP contribution is 2.19. The number of ether oxygens (including phenoxy) is 2. The number of hydrogen-bond donors (Lipinski definition) is 1. The summed E-state index contributed by atoms with van der Waals surface area (Å²) in [5.41, 5.74) is 5.86. The van der Waals surface area contributed by atoms with E-state index in [1.807, 2.05) is 0 Å². The van der Waals surface area contributed by atoms with Crippen LogP contribution in [0.2, 0.25) is 0 Å². The maximum Gasteiger partial charge on any atom is 0.0700 e. The third-order valence-electron chi connectivity index (χ3n) is 2.13. The van der Waals surface area contributed by atoms with Crippen molar-refractivity contribution in [1.29, 1.82) is 0 Å². The summed E-state index contributed by atoms with van der Waals surface area (Å²) in [6.07, 6.45) is 2.20. The van der Waals surface area contributed by atoms with Crippen LogP contribution in [0.15, 0.2) is 0 Å². The van der Waals surface area contributed by atoms with Gasteiger partial charge in [-0.05, 0) is 24.8 Å². The van der Waals surface area contributed by atoms with Crippen molar-refractivity contribution in [2.75, 3.05) is 33.5 Å². The molecule has 0 spiro atoms. The Kier molecular flexibility index (Phi) is 7.23. The Morgan fingerprint density at radius 2 is 1.85 bits per heavy atom. The van der Waals surface area contributed by atoms with Crippen LogP contribution in [0.25, 0.3) is 0 Å². The zero-order valence-electron chi connectivity index (χ0n) is 9.14. The van der Waals surface area contributed by atoms with Crippen LogP contribution in [-0.4, -0.2) is 33.5 Å². The van der Waals surface area contributed by atoms with Crippen molar-refractivity contribution in [3.05, 3.63) is 0 Å². The smallest absolute Gasteiger partial charge is 0.0700 e. The van der Waals surface area contributed by atoms with Crippen LogP contribution in [0.1, 0.15) is 26.7 Å². The van der Waals surface area contributed by atoms with Crippen LogP contribution in [0.5, 0.6) is 0 Å². The molecule has 0 fully saturated rings. The Labute approximate surface area is 81.6 Å². The number of nitrogens with two attached hydrogens (primary N) is 1. The number of hydrogen-bond acceptors (Lipinski definition) is 3. The maximum atomic E-state index is 5.61. The van der Waals surface area contributed by atoms with Gasteiger partial charge in [0.1, 0.15) is 0 Å². The van der Waals surface area contributed by atoms with Crippen molar-refractivity contribution in [3.63, 3.8) is 0 Å². The zero-order chi connectivity index (χ0) is 10.2. The Morgan fingerprint density at radius 1 is 1.15 bits per heavy atom. The fourth-order valence-electron chi connectivity index (χ4n) is 0.999. The summed E-state index contributed by atoms with van der Waals surface area (Å²) in [6.45, 7) is 7.29. The molecule has 0 amide bonds. The normalized spacial score (nSPS) is 12.0. The molecule has 2 N–H and O–H groups in total. The first-order chi connectivity index (χ1) is 6.12. The van der Waals surface area contributed by atoms with E-state index in [0.717, 1.165) is 26.0 Å². The molecule has 0 rings (SSSR count). The van der Waals surface area contributed by atoms with Crippen molar-refractivity contribution in [1.82, 2.24) is 0 Å². The molecule has 0 aromatic rings. The van der Waals surface area contributed by atoms with Gasteiger partial charge < -0.3 is 15.2 Å². The minimum absolute atomic E-state index is 0.255. The summed E-state index contributed by atoms with van der Waals surface area (Å²) in [5, 5.41) is 0. The lowest BCUT2D eigenvalue weighted by Gasteiger charge is -2.21. The molecule has 0 saturated heterocycles. The van der Waals surface area contributed by atoms with Gasteiger partial charge in [0.15, 0.2) is 0 Å². The molecule has 0 radical (unpaired) electrons. The van der Waals surface area contributed by atoms with Crippen molar-refractivity contribution < 1.29 is 9.47 Å². The summed E-state index contributed by atoms with van der Waals surface area (Å²) in [7, 11) is 1.68. The molecular formula is C10H23NO2. The largest absolute Gasteiger partial charge is 0.382 e. The molecule has 80 valence electrons. The number of methoxy groups -OCH3 is 1. The van der Waals surface area contributed by atoms with Gasteiger partial charge in [0, 0.05) is 13.7 Å². The lowest BCUT2D eigenvalue weighted by atomic mass is 9.88. The first kappa shape index (κ1) is 12.9. The summed E-state index contributed by atoms with van der Waals surface area (Å²) in [5.74, 6) is 0. The van der Waals surface area contributed by atoms with E-state index in [4.69, 9.17) is 15.2 Å². The van der Waals surface area contributed by atoms with Crippen LogP contribution in [0, 0.1) is 5.41 Å². The van der Waals surface area contributed by atoms with Crippen molar-refractivity contribution >= 4 is 0 Å². The predicted molar refractivity (Wildman–Crippen MR) is 54.8 cm³/mol. The quantitative estimate of drug-likeness (QED) is 0.587. The molecule has 0 aliphatic carbocycles. The van der Waals surface area contributed by atoms with E-state index < -0.39 is 0 Å². The van der Waals surface area contributed by atoms with Crippen molar-refractivity contribution in [3.8, 4) is 0 Å². The molecule has 0 aromatic carbocycles. The van der Waals surface area contributed by atoms with E-state index >= 15 is 0 Å². The summed E-state index contributed by atoms with van der Waals surface area (Å²) in [6, 6.07) is 0. The second kappa shape index (κ2) is 7.30. The Hall–Kier alpha value is -0.120. The predicted octanol–water partition coefficient (Wildman–Crippen LogP) is 1.41. The molecule has 3 heteroatoms. The Morgan fingerprint density at radius 3 is 2.38 bits per heavy atom. The highest BCUT2D eigenvalue weighted by atomic mass is 16.5. The summed E-state index contributed by atoms with van der Waals surface area (Å²) < 4.78 is 10.2. The third kappa shape index (κ3) is 8.22. The molecule has 0 saturated carbocycles. The first-order valence-corrected chi connectivity index (χ1v) is 4.89. The van der Waals surface area contributed by atoms with Crippen LogP contribution in [0.3, 0.4) is 0 Å². The molecule has 0 bridgehead atoms. The lowest BCUT2D eigenvalue weighted by molar-refractivity contribution is 0.0652. The summed E-state index contributed by atoms with van der Waals surface area (Å²) in [4.78, 5) is 0. The van der Waals surface area contributed by atoms with Gasteiger partial charge >= 0.3 is 0 Å². The fraction of sp³-hybridized carbons (Fsp3) is 1.00. The lowest BCUT2D eigenvalue weighted by Crippen LogP contribution is -2.23. The van der Waals surface area contributed by atoms with Crippen LogP contribution in [-0.2, 0) is 9.47 Å². The van der Waals surface area contributed by atoms with Gasteiger partial charge in [-0.25, -0.2) is 0 Å². The summed E-state index contributed by atoms with van der Waals surface area (Å²) >= 11 is 0. The second-order valence-corrected chi connectivity index (χ2v) is 4.08. The molecule has 0 atom stereocenters. The SMILES string of the molecule is COCCOCCCC(C)(C)CN. The van der Waals surface area contributed by atoms with Gasteiger partial charge in [-0.2, -0.15) is 0 Å². The molecule has 3 nitrogen and oxygen atoms in total. The highest BCUT2D eigenvalue weighted by Gasteiger charge is 2.14. The minimum Gasteiger partial charge on any atom is -0.382 e. The topological polar surface area (TPSA) is 44.5 Å². The van der Waals surface area contributed by atoms with Gasteiger partial charge in [-0.1, -0.05) is 13.8 Å². The van der Waals surface area contributed by atoms with Crippen LogP contribution < -0.4 is 5.73 Å². The monoisotopic (exact) mass is 189 g/mol. The minimum atomic E-state index is 0.255. The van der Waals surface area contributed by atoms with Crippen LogP contribution >= 0.6 is 0 Å². The van der Waals surface area contributed by atoms with Gasteiger partial charge in [0.05, 0.1) is 13.2 Å². The zero-order valence-corrected chi connectivity index (χ0v) is 9.14. The fourth-order valence-corrected chi connectivity index (χ4v) is 0.999. The highest BCUT2D eigenvalue weighted by molar-refractivity contribution is 4.68. The molecule has 13 heavy (non-hydrogen) atoms. The number of rotatable bonds is 8. The second-order valence-electron chi connectivity index (χ2n) is 4.08. The third-order valence-corrected chi connectivity index (χ3v) is 2.13. The van der Waals surface area contributed by atoms with E-state index in [1.165, 1.54) is 0 Å². The molecular weight excluding hydrogens is 166 g/mol. The van der Waals surface area contributed by atoms with E-state index in [9.17, 15) is 0 Å². The van der Waals surface area contributed by atoms with Crippen LogP contribution in [0.4, 0.5) is 0 Å². The van der Waals surface area contributed by atoms with Gasteiger partial charge in [0.2, 0.25) is 0 Å². The van der Waals surface area contributed by atoms with E-state index in [2.05, 4.69) is 13.8 Å². The average molecular weight is 189 g/mol. The maximum absolute atomic E-state index is 5.61. The Bertz CT molecular complexity index is 115. The molecule has 0 unspecified atom stereocenters. The van der Waals surface area contributed by atoms with E-state index in [-0.39, 0.29) is 5.41 Å². The first-order valence-electron chi connectivity index (χ1n) is 4.89. The van der Waals surface area contributed by atoms with E-state index in [1.54, 1.807) is 7.11 Å².